The average molecular weight is 360 g/mol. The van der Waals surface area contributed by atoms with Crippen LogP contribution in [0.5, 0.6) is 0 Å². The number of halogens is 1. The van der Waals surface area contributed by atoms with Crippen molar-refractivity contribution in [1.82, 2.24) is 9.29 Å². The Morgan fingerprint density at radius 1 is 1.45 bits per heavy atom. The van der Waals surface area contributed by atoms with Crippen LogP contribution >= 0.6 is 15.9 Å². The SMILES string of the molecule is CN(Cc1ccccn1)S(=O)(=O)c1cc(CN)oc1Br. The first-order chi connectivity index (χ1) is 9.45. The van der Waals surface area contributed by atoms with E-state index in [9.17, 15) is 8.42 Å². The topological polar surface area (TPSA) is 89.4 Å². The lowest BCUT2D eigenvalue weighted by molar-refractivity contribution is 0.454. The zero-order chi connectivity index (χ0) is 14.8. The highest BCUT2D eigenvalue weighted by Crippen LogP contribution is 2.28. The highest BCUT2D eigenvalue weighted by atomic mass is 79.9. The fourth-order valence-electron chi connectivity index (χ4n) is 1.65. The van der Waals surface area contributed by atoms with E-state index in [4.69, 9.17) is 10.2 Å². The van der Waals surface area contributed by atoms with Gasteiger partial charge in [-0.1, -0.05) is 6.07 Å². The Balaban J connectivity index is 2.27. The number of hydrogen-bond donors (Lipinski definition) is 1. The van der Waals surface area contributed by atoms with Gasteiger partial charge in [-0.3, -0.25) is 4.98 Å². The van der Waals surface area contributed by atoms with E-state index in [0.29, 0.717) is 11.5 Å². The van der Waals surface area contributed by atoms with Gasteiger partial charge in [0, 0.05) is 19.3 Å². The van der Waals surface area contributed by atoms with E-state index in [1.54, 1.807) is 18.3 Å². The van der Waals surface area contributed by atoms with Gasteiger partial charge in [0.05, 0.1) is 18.8 Å². The van der Waals surface area contributed by atoms with Crippen LogP contribution in [0, 0.1) is 0 Å². The number of pyridine rings is 1. The van der Waals surface area contributed by atoms with E-state index in [0.717, 1.165) is 0 Å². The van der Waals surface area contributed by atoms with Crippen molar-refractivity contribution in [3.05, 3.63) is 46.6 Å². The van der Waals surface area contributed by atoms with E-state index < -0.39 is 10.0 Å². The predicted octanol–water partition coefficient (Wildman–Crippen LogP) is 1.72. The summed E-state index contributed by atoms with van der Waals surface area (Å²) < 4.78 is 31.5. The maximum absolute atomic E-state index is 12.5. The summed E-state index contributed by atoms with van der Waals surface area (Å²) in [6, 6.07) is 6.78. The van der Waals surface area contributed by atoms with Crippen LogP contribution in [0.15, 0.2) is 44.4 Å². The normalized spacial score (nSPS) is 12.0. The Morgan fingerprint density at radius 2 is 2.20 bits per heavy atom. The van der Waals surface area contributed by atoms with Gasteiger partial charge in [0.25, 0.3) is 0 Å². The van der Waals surface area contributed by atoms with Crippen LogP contribution in [0.4, 0.5) is 0 Å². The molecule has 0 aliphatic rings. The fourth-order valence-corrected chi connectivity index (χ4v) is 3.75. The van der Waals surface area contributed by atoms with Gasteiger partial charge < -0.3 is 10.2 Å². The molecule has 2 heterocycles. The molecule has 108 valence electrons. The second kappa shape index (κ2) is 6.04. The van der Waals surface area contributed by atoms with Crippen molar-refractivity contribution in [2.75, 3.05) is 7.05 Å². The van der Waals surface area contributed by atoms with Crippen molar-refractivity contribution in [3.8, 4) is 0 Å². The van der Waals surface area contributed by atoms with Gasteiger partial charge in [0.15, 0.2) is 4.67 Å². The lowest BCUT2D eigenvalue weighted by atomic mass is 10.3. The van der Waals surface area contributed by atoms with Crippen LogP contribution < -0.4 is 5.73 Å². The third-order valence-electron chi connectivity index (χ3n) is 2.71. The molecule has 0 aliphatic carbocycles. The van der Waals surface area contributed by atoms with Crippen LogP contribution in [0.2, 0.25) is 0 Å². The molecule has 20 heavy (non-hydrogen) atoms. The minimum atomic E-state index is -3.66. The maximum atomic E-state index is 12.5. The van der Waals surface area contributed by atoms with Crippen LogP contribution in [0.25, 0.3) is 0 Å². The van der Waals surface area contributed by atoms with E-state index >= 15 is 0 Å². The number of nitrogens with zero attached hydrogens (tertiary/aromatic N) is 2. The number of aromatic nitrogens is 1. The van der Waals surface area contributed by atoms with Crippen molar-refractivity contribution in [2.24, 2.45) is 5.73 Å². The first-order valence-electron chi connectivity index (χ1n) is 5.79. The Hall–Kier alpha value is -1.22. The number of rotatable bonds is 5. The Kier molecular flexibility index (Phi) is 4.59. The Labute approximate surface area is 125 Å². The lowest BCUT2D eigenvalue weighted by Crippen LogP contribution is -2.26. The molecular weight excluding hydrogens is 346 g/mol. The van der Waals surface area contributed by atoms with Crippen molar-refractivity contribution < 1.29 is 12.8 Å². The number of nitrogens with two attached hydrogens (primary N) is 1. The Bertz CT molecular complexity index is 685. The second-order valence-corrected chi connectivity index (χ2v) is 6.87. The first-order valence-corrected chi connectivity index (χ1v) is 8.03. The number of furan rings is 1. The average Bonchev–Trinajstić information content (AvgIpc) is 2.82. The summed E-state index contributed by atoms with van der Waals surface area (Å²) in [5.41, 5.74) is 6.11. The molecule has 6 nitrogen and oxygen atoms in total. The summed E-state index contributed by atoms with van der Waals surface area (Å²) in [5, 5.41) is 0. The summed E-state index contributed by atoms with van der Waals surface area (Å²) in [6.07, 6.45) is 1.62. The molecule has 0 saturated heterocycles. The third kappa shape index (κ3) is 3.09. The summed E-state index contributed by atoms with van der Waals surface area (Å²) in [7, 11) is -2.17. The molecule has 0 spiro atoms. The van der Waals surface area contributed by atoms with Gasteiger partial charge >= 0.3 is 0 Å². The van der Waals surface area contributed by atoms with Gasteiger partial charge in [-0.05, 0) is 28.1 Å². The smallest absolute Gasteiger partial charge is 0.247 e. The summed E-state index contributed by atoms with van der Waals surface area (Å²) in [5.74, 6) is 0.404. The second-order valence-electron chi connectivity index (χ2n) is 4.14. The molecular formula is C12H14BrN3O3S. The third-order valence-corrected chi connectivity index (χ3v) is 5.37. The first kappa shape index (κ1) is 15.2. The molecule has 0 amide bonds. The zero-order valence-corrected chi connectivity index (χ0v) is 13.2. The van der Waals surface area contributed by atoms with Crippen LogP contribution in [0.3, 0.4) is 0 Å². The van der Waals surface area contributed by atoms with Crippen molar-refractivity contribution in [2.45, 2.75) is 18.0 Å². The quantitative estimate of drug-likeness (QED) is 0.877. The van der Waals surface area contributed by atoms with Crippen molar-refractivity contribution in [3.63, 3.8) is 0 Å². The molecule has 2 N–H and O–H groups in total. The minimum absolute atomic E-state index is 0.0661. The van der Waals surface area contributed by atoms with Gasteiger partial charge in [-0.15, -0.1) is 0 Å². The van der Waals surface area contributed by atoms with Gasteiger partial charge in [0.2, 0.25) is 10.0 Å². The molecule has 0 atom stereocenters. The van der Waals surface area contributed by atoms with Crippen LogP contribution in [0.1, 0.15) is 11.5 Å². The molecule has 0 aliphatic heterocycles. The Morgan fingerprint density at radius 3 is 2.75 bits per heavy atom. The van der Waals surface area contributed by atoms with Crippen LogP contribution in [-0.4, -0.2) is 24.8 Å². The monoisotopic (exact) mass is 359 g/mol. The summed E-state index contributed by atoms with van der Waals surface area (Å²) >= 11 is 3.10. The summed E-state index contributed by atoms with van der Waals surface area (Å²) in [4.78, 5) is 4.17. The molecule has 0 aromatic carbocycles. The lowest BCUT2D eigenvalue weighted by Gasteiger charge is -2.15. The van der Waals surface area contributed by atoms with E-state index in [1.807, 2.05) is 6.07 Å². The molecule has 0 radical (unpaired) electrons. The molecule has 8 heteroatoms. The van der Waals surface area contributed by atoms with E-state index in [-0.39, 0.29) is 22.7 Å². The predicted molar refractivity (Wildman–Crippen MR) is 77.2 cm³/mol. The molecule has 0 fully saturated rings. The van der Waals surface area contributed by atoms with Crippen molar-refractivity contribution >= 4 is 26.0 Å². The van der Waals surface area contributed by atoms with Gasteiger partial charge in [-0.2, -0.15) is 4.31 Å². The minimum Gasteiger partial charge on any atom is -0.452 e. The van der Waals surface area contributed by atoms with Crippen LogP contribution in [-0.2, 0) is 23.1 Å². The standard InChI is InChI=1S/C12H14BrN3O3S/c1-16(8-9-4-2-3-5-15-9)20(17,18)11-6-10(7-14)19-12(11)13/h2-6H,7-8,14H2,1H3. The van der Waals surface area contributed by atoms with E-state index in [2.05, 4.69) is 20.9 Å². The number of hydrogen-bond acceptors (Lipinski definition) is 5. The molecule has 0 bridgehead atoms. The molecule has 0 saturated carbocycles. The maximum Gasteiger partial charge on any atom is 0.247 e. The van der Waals surface area contributed by atoms with E-state index in [1.165, 1.54) is 17.4 Å². The fraction of sp³-hybridized carbons (Fsp3) is 0.250. The highest BCUT2D eigenvalue weighted by Gasteiger charge is 2.27. The van der Waals surface area contributed by atoms with Crippen molar-refractivity contribution in [1.29, 1.82) is 0 Å². The molecule has 2 aromatic rings. The van der Waals surface area contributed by atoms with Gasteiger partial charge in [0.1, 0.15) is 10.7 Å². The molecule has 0 unspecified atom stereocenters. The molecule has 2 rings (SSSR count). The number of sulfonamides is 1. The molecule has 2 aromatic heterocycles. The zero-order valence-electron chi connectivity index (χ0n) is 10.8. The highest BCUT2D eigenvalue weighted by molar-refractivity contribution is 9.10. The largest absolute Gasteiger partial charge is 0.452 e. The van der Waals surface area contributed by atoms with Gasteiger partial charge in [-0.25, -0.2) is 8.42 Å². The summed E-state index contributed by atoms with van der Waals surface area (Å²) in [6.45, 7) is 0.316.